The summed E-state index contributed by atoms with van der Waals surface area (Å²) in [6.45, 7) is 2.12. The average molecular weight is 311 g/mol. The second kappa shape index (κ2) is 5.76. The molecule has 1 N–H and O–H groups in total. The van der Waals surface area contributed by atoms with Crippen molar-refractivity contribution >= 4 is 27.3 Å². The zero-order chi connectivity index (χ0) is 12.3. The number of hydrogen-bond acceptors (Lipinski definition) is 3. The highest BCUT2D eigenvalue weighted by Gasteiger charge is 2.08. The molecule has 0 radical (unpaired) electrons. The van der Waals surface area contributed by atoms with E-state index in [9.17, 15) is 0 Å². The normalized spacial score (nSPS) is 12.6. The fourth-order valence-electron chi connectivity index (χ4n) is 1.57. The van der Waals surface area contributed by atoms with Gasteiger partial charge in [-0.1, -0.05) is 28.1 Å². The molecular weight excluding hydrogens is 296 g/mol. The maximum atomic E-state index is 4.65. The van der Waals surface area contributed by atoms with E-state index >= 15 is 0 Å². The zero-order valence-electron chi connectivity index (χ0n) is 9.90. The molecular formula is C13H15BrN2S. The van der Waals surface area contributed by atoms with Crippen LogP contribution in [0.2, 0.25) is 0 Å². The molecule has 2 nitrogen and oxygen atoms in total. The molecule has 4 heteroatoms. The molecule has 1 unspecified atom stereocenters. The van der Waals surface area contributed by atoms with E-state index in [0.29, 0.717) is 6.04 Å². The number of aromatic nitrogens is 1. The Bertz CT molecular complexity index is 496. The molecule has 1 aromatic carbocycles. The first-order valence-corrected chi connectivity index (χ1v) is 7.22. The van der Waals surface area contributed by atoms with Crippen LogP contribution in [-0.4, -0.2) is 12.0 Å². The summed E-state index contributed by atoms with van der Waals surface area (Å²) in [5.74, 6) is 0. The first kappa shape index (κ1) is 12.7. The molecule has 0 saturated carbocycles. The highest BCUT2D eigenvalue weighted by molar-refractivity contribution is 9.10. The van der Waals surface area contributed by atoms with Crippen molar-refractivity contribution in [2.75, 3.05) is 7.05 Å². The van der Waals surface area contributed by atoms with Gasteiger partial charge in [0, 0.05) is 22.3 Å². The molecule has 1 atom stereocenters. The number of rotatable bonds is 4. The van der Waals surface area contributed by atoms with Gasteiger partial charge in [0.05, 0.1) is 10.7 Å². The lowest BCUT2D eigenvalue weighted by Gasteiger charge is -2.05. The van der Waals surface area contributed by atoms with Crippen molar-refractivity contribution in [3.8, 4) is 0 Å². The molecule has 0 fully saturated rings. The van der Waals surface area contributed by atoms with Crippen molar-refractivity contribution in [2.45, 2.75) is 19.4 Å². The summed E-state index contributed by atoms with van der Waals surface area (Å²) in [5.41, 5.74) is 2.42. The molecule has 0 aliphatic rings. The van der Waals surface area contributed by atoms with E-state index in [1.54, 1.807) is 11.3 Å². The summed E-state index contributed by atoms with van der Waals surface area (Å²) >= 11 is 5.22. The van der Waals surface area contributed by atoms with Crippen LogP contribution in [0.1, 0.15) is 29.2 Å². The Hall–Kier alpha value is -0.710. The van der Waals surface area contributed by atoms with Crippen molar-refractivity contribution in [3.63, 3.8) is 0 Å². The van der Waals surface area contributed by atoms with E-state index in [2.05, 4.69) is 56.7 Å². The lowest BCUT2D eigenvalue weighted by Crippen LogP contribution is -2.12. The van der Waals surface area contributed by atoms with Gasteiger partial charge < -0.3 is 5.32 Å². The Morgan fingerprint density at radius 3 is 3.00 bits per heavy atom. The Balaban J connectivity index is 2.11. The summed E-state index contributed by atoms with van der Waals surface area (Å²) in [6.07, 6.45) is 0.903. The first-order chi connectivity index (χ1) is 8.19. The van der Waals surface area contributed by atoms with Crippen LogP contribution < -0.4 is 5.32 Å². The van der Waals surface area contributed by atoms with Crippen LogP contribution in [0.5, 0.6) is 0 Å². The molecule has 0 aliphatic heterocycles. The fourth-order valence-corrected chi connectivity index (χ4v) is 2.94. The van der Waals surface area contributed by atoms with Gasteiger partial charge in [-0.3, -0.25) is 0 Å². The predicted molar refractivity (Wildman–Crippen MR) is 76.5 cm³/mol. The number of nitrogens with zero attached hydrogens (tertiary/aromatic N) is 1. The minimum absolute atomic E-state index is 0.322. The summed E-state index contributed by atoms with van der Waals surface area (Å²) in [5, 5.41) is 6.50. The maximum absolute atomic E-state index is 4.65. The standard InChI is InChI=1S/C13H15BrN2S/c1-9(15-2)12-8-17-13(16-12)7-10-4-3-5-11(14)6-10/h3-6,8-9,15H,7H2,1-2H3. The van der Waals surface area contributed by atoms with Crippen LogP contribution in [0, 0.1) is 0 Å². The second-order valence-electron chi connectivity index (χ2n) is 3.98. The van der Waals surface area contributed by atoms with Gasteiger partial charge in [-0.2, -0.15) is 0 Å². The molecule has 2 rings (SSSR count). The zero-order valence-corrected chi connectivity index (χ0v) is 12.3. The third-order valence-corrected chi connectivity index (χ3v) is 4.05. The van der Waals surface area contributed by atoms with Gasteiger partial charge in [0.25, 0.3) is 0 Å². The summed E-state index contributed by atoms with van der Waals surface area (Å²) < 4.78 is 1.12. The van der Waals surface area contributed by atoms with E-state index in [1.165, 1.54) is 10.6 Å². The molecule has 0 amide bonds. The number of halogens is 1. The second-order valence-corrected chi connectivity index (χ2v) is 5.84. The number of thiazole rings is 1. The Morgan fingerprint density at radius 2 is 2.29 bits per heavy atom. The maximum Gasteiger partial charge on any atom is 0.0972 e. The number of benzene rings is 1. The molecule has 0 aliphatic carbocycles. The van der Waals surface area contributed by atoms with Crippen molar-refractivity contribution in [1.29, 1.82) is 0 Å². The minimum atomic E-state index is 0.322. The van der Waals surface area contributed by atoms with Gasteiger partial charge in [0.2, 0.25) is 0 Å². The Kier molecular flexibility index (Phi) is 4.31. The fraction of sp³-hybridized carbons (Fsp3) is 0.308. The topological polar surface area (TPSA) is 24.9 Å². The van der Waals surface area contributed by atoms with Crippen LogP contribution in [0.15, 0.2) is 34.1 Å². The third-order valence-electron chi connectivity index (χ3n) is 2.69. The van der Waals surface area contributed by atoms with E-state index in [1.807, 2.05) is 13.1 Å². The van der Waals surface area contributed by atoms with Crippen molar-refractivity contribution in [3.05, 3.63) is 50.4 Å². The van der Waals surface area contributed by atoms with Gasteiger partial charge in [-0.15, -0.1) is 11.3 Å². The SMILES string of the molecule is CNC(C)c1csc(Cc2cccc(Br)c2)n1. The Morgan fingerprint density at radius 1 is 1.47 bits per heavy atom. The van der Waals surface area contributed by atoms with Crippen LogP contribution in [0.25, 0.3) is 0 Å². The highest BCUT2D eigenvalue weighted by Crippen LogP contribution is 2.20. The molecule has 90 valence electrons. The summed E-state index contributed by atoms with van der Waals surface area (Å²) in [4.78, 5) is 4.65. The van der Waals surface area contributed by atoms with Gasteiger partial charge >= 0.3 is 0 Å². The largest absolute Gasteiger partial charge is 0.312 e. The average Bonchev–Trinajstić information content (AvgIpc) is 2.76. The van der Waals surface area contributed by atoms with Crippen molar-refractivity contribution < 1.29 is 0 Å². The van der Waals surface area contributed by atoms with Gasteiger partial charge in [-0.25, -0.2) is 4.98 Å². The van der Waals surface area contributed by atoms with Crippen LogP contribution in [-0.2, 0) is 6.42 Å². The van der Waals surface area contributed by atoms with Crippen molar-refractivity contribution in [2.24, 2.45) is 0 Å². The first-order valence-electron chi connectivity index (χ1n) is 5.55. The molecule has 0 spiro atoms. The van der Waals surface area contributed by atoms with Crippen LogP contribution >= 0.6 is 27.3 Å². The highest BCUT2D eigenvalue weighted by atomic mass is 79.9. The minimum Gasteiger partial charge on any atom is -0.312 e. The summed E-state index contributed by atoms with van der Waals surface area (Å²) in [6, 6.07) is 8.70. The monoisotopic (exact) mass is 310 g/mol. The van der Waals surface area contributed by atoms with Gasteiger partial charge in [0.1, 0.15) is 0 Å². The van der Waals surface area contributed by atoms with Gasteiger partial charge in [0.15, 0.2) is 0 Å². The van der Waals surface area contributed by atoms with E-state index in [4.69, 9.17) is 0 Å². The van der Waals surface area contributed by atoms with Gasteiger partial charge in [-0.05, 0) is 31.7 Å². The van der Waals surface area contributed by atoms with E-state index < -0.39 is 0 Å². The lowest BCUT2D eigenvalue weighted by molar-refractivity contribution is 0.635. The van der Waals surface area contributed by atoms with Crippen molar-refractivity contribution in [1.82, 2.24) is 10.3 Å². The molecule has 17 heavy (non-hydrogen) atoms. The smallest absolute Gasteiger partial charge is 0.0972 e. The quantitative estimate of drug-likeness (QED) is 0.929. The molecule has 1 heterocycles. The van der Waals surface area contributed by atoms with Crippen LogP contribution in [0.4, 0.5) is 0 Å². The molecule has 2 aromatic rings. The third kappa shape index (κ3) is 3.37. The number of hydrogen-bond donors (Lipinski definition) is 1. The predicted octanol–water partition coefficient (Wildman–Crippen LogP) is 3.78. The molecule has 0 bridgehead atoms. The molecule has 0 saturated heterocycles. The number of nitrogens with one attached hydrogen (secondary N) is 1. The van der Waals surface area contributed by atoms with E-state index in [0.717, 1.165) is 16.6 Å². The lowest BCUT2D eigenvalue weighted by atomic mass is 10.2. The molecule has 1 aromatic heterocycles. The van der Waals surface area contributed by atoms with E-state index in [-0.39, 0.29) is 0 Å². The Labute approximate surface area is 114 Å². The summed E-state index contributed by atoms with van der Waals surface area (Å²) in [7, 11) is 1.96. The van der Waals surface area contributed by atoms with Crippen LogP contribution in [0.3, 0.4) is 0 Å².